The molecule has 1 fully saturated rings. The number of allylic oxidation sites excluding steroid dienone is 2. The maximum atomic E-state index is 12.0. The molecule has 1 aliphatic heterocycles. The van der Waals surface area contributed by atoms with Crippen LogP contribution in [-0.4, -0.2) is 45.8 Å². The molecule has 1 saturated heterocycles. The maximum absolute atomic E-state index is 12.0. The molecule has 6 nitrogen and oxygen atoms in total. The van der Waals surface area contributed by atoms with Crippen LogP contribution in [0.3, 0.4) is 0 Å². The molecule has 0 saturated carbocycles. The number of rotatable bonds is 5. The van der Waals surface area contributed by atoms with Crippen LogP contribution < -0.4 is 20.9 Å². The molecule has 3 aromatic rings. The third-order valence-corrected chi connectivity index (χ3v) is 6.55. The van der Waals surface area contributed by atoms with Crippen LogP contribution in [0.25, 0.3) is 23.5 Å². The number of pyridine rings is 1. The summed E-state index contributed by atoms with van der Waals surface area (Å²) in [5.74, 6) is 0.714. The van der Waals surface area contributed by atoms with E-state index in [9.17, 15) is 8.42 Å². The molecular weight excluding hydrogens is 422 g/mol. The molecule has 1 aromatic carbocycles. The molecule has 3 heterocycles. The molecule has 32 heavy (non-hydrogen) atoms. The molecule has 0 bridgehead atoms. The second-order valence-electron chi connectivity index (χ2n) is 7.84. The van der Waals surface area contributed by atoms with Gasteiger partial charge in [0.25, 0.3) is 0 Å². The van der Waals surface area contributed by atoms with Gasteiger partial charge in [0.2, 0.25) is 0 Å². The van der Waals surface area contributed by atoms with Crippen molar-refractivity contribution in [1.29, 1.82) is 0 Å². The smallest absolute Gasteiger partial charge is 0.177 e. The number of hydrogen-bond acceptors (Lipinski definition) is 6. The summed E-state index contributed by atoms with van der Waals surface area (Å²) in [4.78, 5) is 6.65. The lowest BCUT2D eigenvalue weighted by Gasteiger charge is -2.29. The predicted octanol–water partition coefficient (Wildman–Crippen LogP) is 2.34. The molecular formula is C25H27N3O3S. The Labute approximate surface area is 188 Å². The minimum atomic E-state index is -3.37. The number of anilines is 1. The van der Waals surface area contributed by atoms with Gasteiger partial charge in [0.15, 0.2) is 9.84 Å². The van der Waals surface area contributed by atoms with E-state index in [0.29, 0.717) is 16.7 Å². The minimum absolute atomic E-state index is 0.165. The van der Waals surface area contributed by atoms with Crippen molar-refractivity contribution in [2.75, 3.05) is 37.3 Å². The average molecular weight is 450 g/mol. The molecule has 0 radical (unpaired) electrons. The van der Waals surface area contributed by atoms with Crippen molar-refractivity contribution < 1.29 is 12.8 Å². The van der Waals surface area contributed by atoms with Crippen LogP contribution in [0.2, 0.25) is 0 Å². The summed E-state index contributed by atoms with van der Waals surface area (Å²) in [6.07, 6.45) is 7.92. The van der Waals surface area contributed by atoms with Gasteiger partial charge in [0.05, 0.1) is 4.90 Å². The zero-order valence-corrected chi connectivity index (χ0v) is 19.2. The fraction of sp³-hybridized carbons (Fsp3) is 0.240. The van der Waals surface area contributed by atoms with Crippen LogP contribution in [0.1, 0.15) is 12.5 Å². The summed E-state index contributed by atoms with van der Waals surface area (Å²) >= 11 is 0. The summed E-state index contributed by atoms with van der Waals surface area (Å²) in [5.41, 5.74) is 4.14. The van der Waals surface area contributed by atoms with Gasteiger partial charge < -0.3 is 14.6 Å². The quantitative estimate of drug-likeness (QED) is 0.645. The van der Waals surface area contributed by atoms with Crippen LogP contribution in [0.15, 0.2) is 70.3 Å². The lowest BCUT2D eigenvalue weighted by Crippen LogP contribution is -2.43. The largest absolute Gasteiger partial charge is 0.455 e. The second-order valence-corrected chi connectivity index (χ2v) is 9.86. The predicted molar refractivity (Wildman–Crippen MR) is 129 cm³/mol. The van der Waals surface area contributed by atoms with Crippen molar-refractivity contribution in [3.63, 3.8) is 0 Å². The first-order chi connectivity index (χ1) is 15.4. The normalized spacial score (nSPS) is 15.9. The van der Waals surface area contributed by atoms with Crippen LogP contribution in [0, 0.1) is 0 Å². The number of benzene rings is 1. The standard InChI is InChI=1S/C25H27N3O3S/c1-4-5-23(20-15-22(17-27-16-20)32(3,29)30)25-18(2)14-24(31-25)19-6-8-21(9-7-19)28-12-10-26-11-13-28/h4-9,14-17,26H,2,10-13H2,1,3H3/b5-4-,25-23-. The number of hydrogen-bond donors (Lipinski definition) is 1. The summed E-state index contributed by atoms with van der Waals surface area (Å²) in [5, 5.41) is 4.09. The highest BCUT2D eigenvalue weighted by atomic mass is 32.2. The van der Waals surface area contributed by atoms with Crippen molar-refractivity contribution >= 4 is 27.7 Å². The SMILES string of the molecule is C=c1cc(-c2ccc(N3CCNCC3)cc2)o/c1=C(/C=C\C)c1cncc(S(C)(=O)=O)c1. The van der Waals surface area contributed by atoms with E-state index in [1.807, 2.05) is 25.1 Å². The van der Waals surface area contributed by atoms with Gasteiger partial charge in [0, 0.05) is 72.4 Å². The zero-order valence-electron chi connectivity index (χ0n) is 18.3. The van der Waals surface area contributed by atoms with Crippen LogP contribution in [0.5, 0.6) is 0 Å². The van der Waals surface area contributed by atoms with E-state index >= 15 is 0 Å². The van der Waals surface area contributed by atoms with Gasteiger partial charge in [0.1, 0.15) is 11.2 Å². The van der Waals surface area contributed by atoms with E-state index in [-0.39, 0.29) is 4.90 Å². The molecule has 0 aliphatic carbocycles. The van der Waals surface area contributed by atoms with E-state index in [2.05, 4.69) is 46.0 Å². The van der Waals surface area contributed by atoms with E-state index in [1.165, 1.54) is 18.1 Å². The summed E-state index contributed by atoms with van der Waals surface area (Å²) in [6.45, 7) is 10.0. The van der Waals surface area contributed by atoms with E-state index in [1.54, 1.807) is 12.3 Å². The first kappa shape index (κ1) is 22.0. The first-order valence-electron chi connectivity index (χ1n) is 10.5. The Bertz CT molecular complexity index is 1350. The average Bonchev–Trinajstić information content (AvgIpc) is 3.19. The maximum Gasteiger partial charge on any atom is 0.177 e. The molecule has 1 aliphatic rings. The molecule has 2 aromatic heterocycles. The fourth-order valence-corrected chi connectivity index (χ4v) is 4.39. The highest BCUT2D eigenvalue weighted by molar-refractivity contribution is 7.90. The highest BCUT2D eigenvalue weighted by Crippen LogP contribution is 2.23. The van der Waals surface area contributed by atoms with Gasteiger partial charge in [-0.05, 0) is 43.3 Å². The topological polar surface area (TPSA) is 75.4 Å². The Morgan fingerprint density at radius 2 is 1.88 bits per heavy atom. The molecule has 0 atom stereocenters. The van der Waals surface area contributed by atoms with Crippen LogP contribution >= 0.6 is 0 Å². The Hall–Kier alpha value is -3.16. The molecule has 1 N–H and O–H groups in total. The van der Waals surface area contributed by atoms with Crippen molar-refractivity contribution in [3.8, 4) is 11.3 Å². The molecule has 0 amide bonds. The molecule has 0 spiro atoms. The van der Waals surface area contributed by atoms with Gasteiger partial charge in [-0.15, -0.1) is 0 Å². The second kappa shape index (κ2) is 9.14. The van der Waals surface area contributed by atoms with E-state index in [4.69, 9.17) is 4.42 Å². The summed E-state index contributed by atoms with van der Waals surface area (Å²) in [7, 11) is -3.37. The van der Waals surface area contributed by atoms with E-state index < -0.39 is 9.84 Å². The Kier molecular flexibility index (Phi) is 6.30. The zero-order chi connectivity index (χ0) is 22.7. The monoisotopic (exact) mass is 449 g/mol. The van der Waals surface area contributed by atoms with Gasteiger partial charge in [-0.3, -0.25) is 4.98 Å². The molecule has 166 valence electrons. The van der Waals surface area contributed by atoms with Crippen molar-refractivity contribution in [3.05, 3.63) is 77.1 Å². The number of sulfone groups is 1. The van der Waals surface area contributed by atoms with Crippen molar-refractivity contribution in [2.45, 2.75) is 11.8 Å². The fourth-order valence-electron chi connectivity index (χ4n) is 3.80. The number of furan rings is 1. The van der Waals surface area contributed by atoms with Crippen molar-refractivity contribution in [2.24, 2.45) is 0 Å². The lowest BCUT2D eigenvalue weighted by atomic mass is 10.1. The molecule has 0 unspecified atom stereocenters. The van der Waals surface area contributed by atoms with E-state index in [0.717, 1.165) is 42.5 Å². The Morgan fingerprint density at radius 1 is 1.16 bits per heavy atom. The van der Waals surface area contributed by atoms with Gasteiger partial charge in [-0.2, -0.15) is 0 Å². The lowest BCUT2D eigenvalue weighted by molar-refractivity contribution is 0.543. The number of piperazine rings is 1. The van der Waals surface area contributed by atoms with Crippen LogP contribution in [-0.2, 0) is 9.84 Å². The summed E-state index contributed by atoms with van der Waals surface area (Å²) in [6, 6.07) is 11.9. The highest BCUT2D eigenvalue weighted by Gasteiger charge is 2.14. The summed E-state index contributed by atoms with van der Waals surface area (Å²) < 4.78 is 30.2. The number of nitrogens with zero attached hydrogens (tertiary/aromatic N) is 2. The number of nitrogens with one attached hydrogen (secondary N) is 1. The van der Waals surface area contributed by atoms with Gasteiger partial charge >= 0.3 is 0 Å². The third kappa shape index (κ3) is 4.69. The molecule has 4 rings (SSSR count). The minimum Gasteiger partial charge on any atom is -0.455 e. The van der Waals surface area contributed by atoms with Crippen molar-refractivity contribution in [1.82, 2.24) is 10.3 Å². The third-order valence-electron chi connectivity index (χ3n) is 5.47. The Morgan fingerprint density at radius 3 is 2.53 bits per heavy atom. The van der Waals surface area contributed by atoms with Gasteiger partial charge in [-0.1, -0.05) is 18.7 Å². The molecule has 7 heteroatoms. The first-order valence-corrected chi connectivity index (χ1v) is 12.4. The number of aromatic nitrogens is 1. The van der Waals surface area contributed by atoms with Gasteiger partial charge in [-0.25, -0.2) is 8.42 Å². The Balaban J connectivity index is 1.76. The van der Waals surface area contributed by atoms with Crippen LogP contribution in [0.4, 0.5) is 5.69 Å².